The molecule has 1 aliphatic rings. The van der Waals surface area contributed by atoms with Gasteiger partial charge in [0.2, 0.25) is 0 Å². The van der Waals surface area contributed by atoms with Crippen molar-refractivity contribution in [1.82, 2.24) is 0 Å². The summed E-state index contributed by atoms with van der Waals surface area (Å²) < 4.78 is 0. The Kier molecular flexibility index (Phi) is 2.20. The second kappa shape index (κ2) is 3.10. The lowest BCUT2D eigenvalue weighted by atomic mass is 10.1. The molecule has 0 atom stereocenters. The van der Waals surface area contributed by atoms with Crippen LogP contribution in [0.5, 0.6) is 0 Å². The van der Waals surface area contributed by atoms with Crippen molar-refractivity contribution < 1.29 is 0 Å². The zero-order valence-corrected chi connectivity index (χ0v) is 9.21. The van der Waals surface area contributed by atoms with Gasteiger partial charge < -0.3 is 5.73 Å². The predicted octanol–water partition coefficient (Wildman–Crippen LogP) is 2.79. The fourth-order valence-corrected chi connectivity index (χ4v) is 2.76. The van der Waals surface area contributed by atoms with Gasteiger partial charge in [0.05, 0.1) is 0 Å². The number of nitrogens with two attached hydrogens (primary N) is 1. The summed E-state index contributed by atoms with van der Waals surface area (Å²) in [5.74, 6) is 0. The minimum Gasteiger partial charge on any atom is -0.325 e. The van der Waals surface area contributed by atoms with E-state index in [-0.39, 0.29) is 5.54 Å². The fourth-order valence-electron chi connectivity index (χ4n) is 1.71. The van der Waals surface area contributed by atoms with Crippen LogP contribution >= 0.6 is 11.3 Å². The molecular formula is C11H17NS. The van der Waals surface area contributed by atoms with Crippen LogP contribution < -0.4 is 5.73 Å². The Labute approximate surface area is 84.0 Å². The maximum atomic E-state index is 6.06. The smallest absolute Gasteiger partial charge is 0.0159 e. The van der Waals surface area contributed by atoms with Gasteiger partial charge in [-0.05, 0) is 51.2 Å². The third kappa shape index (κ3) is 2.12. The number of thiophene rings is 1. The van der Waals surface area contributed by atoms with Crippen molar-refractivity contribution in [2.75, 3.05) is 0 Å². The summed E-state index contributed by atoms with van der Waals surface area (Å²) in [6.07, 6.45) is 4.82. The Morgan fingerprint density at radius 1 is 1.46 bits per heavy atom. The number of hydrogen-bond donors (Lipinski definition) is 1. The summed E-state index contributed by atoms with van der Waals surface area (Å²) in [5, 5.41) is 0. The van der Waals surface area contributed by atoms with E-state index in [9.17, 15) is 0 Å². The van der Waals surface area contributed by atoms with Gasteiger partial charge in [0.1, 0.15) is 0 Å². The van der Waals surface area contributed by atoms with E-state index in [1.54, 1.807) is 0 Å². The van der Waals surface area contributed by atoms with Gasteiger partial charge >= 0.3 is 0 Å². The van der Waals surface area contributed by atoms with E-state index in [0.29, 0.717) is 0 Å². The van der Waals surface area contributed by atoms with Gasteiger partial charge in [-0.15, -0.1) is 11.3 Å². The summed E-state index contributed by atoms with van der Waals surface area (Å²) in [6.45, 7) is 4.38. The van der Waals surface area contributed by atoms with Gasteiger partial charge in [-0.2, -0.15) is 0 Å². The molecule has 1 heterocycles. The standard InChI is InChI=1S/C11H17NS/c1-8-7-9(2)13-10(8)3-4-11(12)5-6-11/h7H,3-6,12H2,1-2H3. The number of hydrogen-bond acceptors (Lipinski definition) is 2. The summed E-state index contributed by atoms with van der Waals surface area (Å²) in [5.41, 5.74) is 7.72. The molecule has 2 rings (SSSR count). The molecule has 1 aromatic rings. The highest BCUT2D eigenvalue weighted by atomic mass is 32.1. The Morgan fingerprint density at radius 3 is 2.62 bits per heavy atom. The first-order valence-corrected chi connectivity index (χ1v) is 5.75. The van der Waals surface area contributed by atoms with Gasteiger partial charge in [-0.3, -0.25) is 0 Å². The molecule has 13 heavy (non-hydrogen) atoms. The highest BCUT2D eigenvalue weighted by molar-refractivity contribution is 7.12. The average molecular weight is 195 g/mol. The van der Waals surface area contributed by atoms with E-state index in [1.165, 1.54) is 41.0 Å². The normalized spacial score (nSPS) is 19.0. The summed E-state index contributed by atoms with van der Waals surface area (Å²) in [6, 6.07) is 2.27. The molecule has 2 N–H and O–H groups in total. The van der Waals surface area contributed by atoms with Crippen LogP contribution in [0.4, 0.5) is 0 Å². The molecule has 0 unspecified atom stereocenters. The molecule has 1 saturated carbocycles. The second-order valence-electron chi connectivity index (χ2n) is 4.33. The highest BCUT2D eigenvalue weighted by Gasteiger charge is 2.37. The summed E-state index contributed by atoms with van der Waals surface area (Å²) in [4.78, 5) is 2.96. The fraction of sp³-hybridized carbons (Fsp3) is 0.636. The van der Waals surface area contributed by atoms with Crippen molar-refractivity contribution in [2.45, 2.75) is 45.1 Å². The van der Waals surface area contributed by atoms with Gasteiger partial charge in [0, 0.05) is 15.3 Å². The lowest BCUT2D eigenvalue weighted by molar-refractivity contribution is 0.612. The van der Waals surface area contributed by atoms with E-state index in [0.717, 1.165) is 0 Å². The Hall–Kier alpha value is -0.340. The topological polar surface area (TPSA) is 26.0 Å². The van der Waals surface area contributed by atoms with Crippen LogP contribution in [-0.2, 0) is 6.42 Å². The van der Waals surface area contributed by atoms with E-state index in [1.807, 2.05) is 11.3 Å². The maximum Gasteiger partial charge on any atom is 0.0159 e. The SMILES string of the molecule is Cc1cc(C)c(CCC2(N)CC2)s1. The van der Waals surface area contributed by atoms with Crippen LogP contribution in [0.2, 0.25) is 0 Å². The van der Waals surface area contributed by atoms with Crippen molar-refractivity contribution in [3.05, 3.63) is 21.4 Å². The zero-order chi connectivity index (χ0) is 9.47. The Balaban J connectivity index is 1.97. The van der Waals surface area contributed by atoms with Crippen molar-refractivity contribution in [2.24, 2.45) is 5.73 Å². The van der Waals surface area contributed by atoms with Crippen molar-refractivity contribution in [1.29, 1.82) is 0 Å². The third-order valence-electron chi connectivity index (χ3n) is 2.89. The van der Waals surface area contributed by atoms with Gasteiger partial charge in [0.15, 0.2) is 0 Å². The zero-order valence-electron chi connectivity index (χ0n) is 8.39. The van der Waals surface area contributed by atoms with E-state index in [2.05, 4.69) is 19.9 Å². The molecule has 0 saturated heterocycles. The number of aryl methyl sites for hydroxylation is 3. The molecule has 1 aliphatic carbocycles. The molecular weight excluding hydrogens is 178 g/mol. The predicted molar refractivity (Wildman–Crippen MR) is 58.3 cm³/mol. The molecule has 0 bridgehead atoms. The van der Waals surface area contributed by atoms with Crippen LogP contribution in [-0.4, -0.2) is 5.54 Å². The molecule has 72 valence electrons. The summed E-state index contributed by atoms with van der Waals surface area (Å²) in [7, 11) is 0. The van der Waals surface area contributed by atoms with E-state index < -0.39 is 0 Å². The van der Waals surface area contributed by atoms with Crippen molar-refractivity contribution in [3.63, 3.8) is 0 Å². The average Bonchev–Trinajstić information content (AvgIpc) is 2.69. The monoisotopic (exact) mass is 195 g/mol. The molecule has 0 amide bonds. The molecule has 0 aliphatic heterocycles. The highest BCUT2D eigenvalue weighted by Crippen LogP contribution is 2.37. The van der Waals surface area contributed by atoms with E-state index >= 15 is 0 Å². The van der Waals surface area contributed by atoms with Gasteiger partial charge in [0.25, 0.3) is 0 Å². The molecule has 1 aromatic heterocycles. The van der Waals surface area contributed by atoms with Crippen LogP contribution in [0.1, 0.15) is 34.6 Å². The molecule has 0 spiro atoms. The quantitative estimate of drug-likeness (QED) is 0.788. The Morgan fingerprint density at radius 2 is 2.15 bits per heavy atom. The van der Waals surface area contributed by atoms with Gasteiger partial charge in [-0.25, -0.2) is 0 Å². The van der Waals surface area contributed by atoms with Gasteiger partial charge in [-0.1, -0.05) is 0 Å². The third-order valence-corrected chi connectivity index (χ3v) is 4.10. The van der Waals surface area contributed by atoms with Crippen molar-refractivity contribution >= 4 is 11.3 Å². The lowest BCUT2D eigenvalue weighted by Crippen LogP contribution is -2.21. The first-order valence-electron chi connectivity index (χ1n) is 4.94. The van der Waals surface area contributed by atoms with Crippen LogP contribution in [0.15, 0.2) is 6.07 Å². The first-order chi connectivity index (χ1) is 6.09. The largest absolute Gasteiger partial charge is 0.325 e. The minimum atomic E-state index is 0.213. The van der Waals surface area contributed by atoms with E-state index in [4.69, 9.17) is 5.73 Å². The van der Waals surface area contributed by atoms with Crippen LogP contribution in [0.25, 0.3) is 0 Å². The van der Waals surface area contributed by atoms with Crippen LogP contribution in [0, 0.1) is 13.8 Å². The molecule has 1 fully saturated rings. The molecule has 0 radical (unpaired) electrons. The first kappa shape index (κ1) is 9.22. The molecule has 0 aromatic carbocycles. The van der Waals surface area contributed by atoms with Crippen molar-refractivity contribution in [3.8, 4) is 0 Å². The van der Waals surface area contributed by atoms with Crippen LogP contribution in [0.3, 0.4) is 0 Å². The molecule has 2 heteroatoms. The lowest BCUT2D eigenvalue weighted by Gasteiger charge is -2.06. The maximum absolute atomic E-state index is 6.06. The summed E-state index contributed by atoms with van der Waals surface area (Å²) >= 11 is 1.93. The number of rotatable bonds is 3. The second-order valence-corrected chi connectivity index (χ2v) is 5.67. The molecule has 1 nitrogen and oxygen atoms in total. The minimum absolute atomic E-state index is 0.213. The Bertz CT molecular complexity index is 310.